The van der Waals surface area contributed by atoms with Gasteiger partial charge in [0.15, 0.2) is 0 Å². The lowest BCUT2D eigenvalue weighted by Crippen LogP contribution is -2.40. The number of carbonyl (C=O) groups excluding carboxylic acids is 1. The Morgan fingerprint density at radius 2 is 1.69 bits per heavy atom. The van der Waals surface area contributed by atoms with E-state index >= 15 is 0 Å². The Morgan fingerprint density at radius 1 is 0.943 bits per heavy atom. The first-order chi connectivity index (χ1) is 17.0. The highest BCUT2D eigenvalue weighted by Crippen LogP contribution is 2.24. The van der Waals surface area contributed by atoms with Gasteiger partial charge in [-0.1, -0.05) is 36.4 Å². The molecule has 8 nitrogen and oxygen atoms in total. The molecule has 178 valence electrons. The molecule has 1 N–H and O–H groups in total. The molecule has 4 aromatic rings. The Morgan fingerprint density at radius 3 is 2.43 bits per heavy atom. The Balaban J connectivity index is 1.34. The van der Waals surface area contributed by atoms with Crippen LogP contribution < -0.4 is 5.32 Å². The van der Waals surface area contributed by atoms with Crippen LogP contribution in [-0.2, 0) is 21.3 Å². The Labute approximate surface area is 203 Å². The summed E-state index contributed by atoms with van der Waals surface area (Å²) >= 11 is 0. The Hall–Kier alpha value is -3.66. The molecule has 3 heterocycles. The number of sulfonamides is 1. The highest BCUT2D eigenvalue weighted by atomic mass is 32.2. The molecule has 0 aliphatic carbocycles. The summed E-state index contributed by atoms with van der Waals surface area (Å²) < 4.78 is 32.3. The zero-order valence-corrected chi connectivity index (χ0v) is 19.7. The number of amides is 1. The third-order valence-corrected chi connectivity index (χ3v) is 7.79. The van der Waals surface area contributed by atoms with Crippen molar-refractivity contribution in [1.82, 2.24) is 19.6 Å². The molecular weight excluding hydrogens is 464 g/mol. The summed E-state index contributed by atoms with van der Waals surface area (Å²) in [6.07, 6.45) is 1.69. The average molecular weight is 489 g/mol. The van der Waals surface area contributed by atoms with Crippen LogP contribution >= 0.6 is 0 Å². The van der Waals surface area contributed by atoms with Crippen molar-refractivity contribution in [3.05, 3.63) is 90.1 Å². The number of nitrogens with zero attached hydrogens (tertiary/aromatic N) is 3. The van der Waals surface area contributed by atoms with Crippen LogP contribution in [0.4, 0.5) is 0 Å². The molecule has 1 aliphatic rings. The largest absolute Gasteiger partial charge is 0.379 e. The van der Waals surface area contributed by atoms with Crippen LogP contribution in [0.1, 0.15) is 15.9 Å². The molecule has 0 spiro atoms. The van der Waals surface area contributed by atoms with Gasteiger partial charge in [0.2, 0.25) is 10.0 Å². The van der Waals surface area contributed by atoms with Gasteiger partial charge in [-0.05, 0) is 42.0 Å². The van der Waals surface area contributed by atoms with E-state index < -0.39 is 10.0 Å². The predicted octanol–water partition coefficient (Wildman–Crippen LogP) is 3.25. The van der Waals surface area contributed by atoms with Crippen molar-refractivity contribution in [1.29, 1.82) is 0 Å². The average Bonchev–Trinajstić information content (AvgIpc) is 2.92. The van der Waals surface area contributed by atoms with Gasteiger partial charge in [0.25, 0.3) is 5.91 Å². The van der Waals surface area contributed by atoms with Gasteiger partial charge in [-0.2, -0.15) is 4.31 Å². The van der Waals surface area contributed by atoms with Gasteiger partial charge in [0.1, 0.15) is 0 Å². The van der Waals surface area contributed by atoms with Crippen molar-refractivity contribution in [2.75, 3.05) is 26.3 Å². The lowest BCUT2D eigenvalue weighted by Gasteiger charge is -2.26. The molecule has 2 aromatic carbocycles. The third-order valence-electron chi connectivity index (χ3n) is 5.87. The molecule has 0 unspecified atom stereocenters. The maximum absolute atomic E-state index is 13.2. The quantitative estimate of drug-likeness (QED) is 0.447. The van der Waals surface area contributed by atoms with Gasteiger partial charge in [0, 0.05) is 31.2 Å². The van der Waals surface area contributed by atoms with E-state index in [1.165, 1.54) is 4.31 Å². The van der Waals surface area contributed by atoms with Crippen molar-refractivity contribution < 1.29 is 17.9 Å². The first kappa shape index (κ1) is 23.1. The van der Waals surface area contributed by atoms with Gasteiger partial charge >= 0.3 is 0 Å². The second-order valence-electron chi connectivity index (χ2n) is 8.13. The molecule has 0 radical (unpaired) electrons. The minimum atomic E-state index is -3.56. The summed E-state index contributed by atoms with van der Waals surface area (Å²) in [5, 5.41) is 3.69. The predicted molar refractivity (Wildman–Crippen MR) is 132 cm³/mol. The summed E-state index contributed by atoms with van der Waals surface area (Å²) in [6.45, 7) is 1.75. The van der Waals surface area contributed by atoms with Gasteiger partial charge < -0.3 is 10.1 Å². The maximum Gasteiger partial charge on any atom is 0.252 e. The number of aromatic nitrogens is 2. The maximum atomic E-state index is 13.2. The van der Waals surface area contributed by atoms with Gasteiger partial charge in [-0.3, -0.25) is 9.78 Å². The van der Waals surface area contributed by atoms with E-state index in [-0.39, 0.29) is 17.3 Å². The van der Waals surface area contributed by atoms with E-state index in [1.54, 1.807) is 36.5 Å². The molecular formula is C26H24N4O4S. The lowest BCUT2D eigenvalue weighted by atomic mass is 10.1. The summed E-state index contributed by atoms with van der Waals surface area (Å²) in [4.78, 5) is 22.4. The van der Waals surface area contributed by atoms with E-state index in [2.05, 4.69) is 15.3 Å². The van der Waals surface area contributed by atoms with Crippen molar-refractivity contribution in [3.63, 3.8) is 0 Å². The Kier molecular flexibility index (Phi) is 6.54. The zero-order chi connectivity index (χ0) is 24.3. The topological polar surface area (TPSA) is 101 Å². The minimum Gasteiger partial charge on any atom is -0.379 e. The van der Waals surface area contributed by atoms with Crippen LogP contribution in [0.2, 0.25) is 0 Å². The molecule has 0 bridgehead atoms. The van der Waals surface area contributed by atoms with Crippen LogP contribution in [0.5, 0.6) is 0 Å². The van der Waals surface area contributed by atoms with Crippen LogP contribution in [0, 0.1) is 0 Å². The molecule has 0 atom stereocenters. The van der Waals surface area contributed by atoms with Crippen LogP contribution in [0.25, 0.3) is 22.3 Å². The smallest absolute Gasteiger partial charge is 0.252 e. The van der Waals surface area contributed by atoms with Crippen LogP contribution in [0.15, 0.2) is 83.9 Å². The second-order valence-corrected chi connectivity index (χ2v) is 10.1. The van der Waals surface area contributed by atoms with Crippen molar-refractivity contribution >= 4 is 26.8 Å². The number of rotatable bonds is 6. The van der Waals surface area contributed by atoms with E-state index in [0.717, 1.165) is 10.9 Å². The first-order valence-electron chi connectivity index (χ1n) is 11.3. The standard InChI is InChI=1S/C26H24N4O4S/c31-26(22-17-25(24-7-3-4-12-27-24)29-23-6-2-1-5-21(22)23)28-18-19-8-10-20(11-9-19)35(32,33)30-13-15-34-16-14-30/h1-12,17H,13-16,18H2,(H,28,31). The fourth-order valence-electron chi connectivity index (χ4n) is 4.00. The van der Waals surface area contributed by atoms with E-state index in [0.29, 0.717) is 48.8 Å². The van der Waals surface area contributed by atoms with E-state index in [1.807, 2.05) is 42.5 Å². The number of fused-ring (bicyclic) bond motifs is 1. The first-order valence-corrected chi connectivity index (χ1v) is 12.7. The van der Waals surface area contributed by atoms with Gasteiger partial charge in [-0.15, -0.1) is 0 Å². The number of ether oxygens (including phenoxy) is 1. The van der Waals surface area contributed by atoms with Crippen molar-refractivity contribution in [2.45, 2.75) is 11.4 Å². The third kappa shape index (κ3) is 4.93. The zero-order valence-electron chi connectivity index (χ0n) is 18.9. The summed E-state index contributed by atoms with van der Waals surface area (Å²) in [6, 6.07) is 21.4. The molecule has 5 rings (SSSR count). The number of hydrogen-bond donors (Lipinski definition) is 1. The molecule has 0 saturated carbocycles. The number of morpholine rings is 1. The van der Waals surface area contributed by atoms with Crippen molar-refractivity contribution in [3.8, 4) is 11.4 Å². The normalized spacial score (nSPS) is 14.6. The monoisotopic (exact) mass is 488 g/mol. The number of nitrogens with one attached hydrogen (secondary N) is 1. The second kappa shape index (κ2) is 9.91. The summed E-state index contributed by atoms with van der Waals surface area (Å²) in [5.41, 5.74) is 3.31. The van der Waals surface area contributed by atoms with Crippen LogP contribution in [0.3, 0.4) is 0 Å². The van der Waals surface area contributed by atoms with Gasteiger partial charge in [-0.25, -0.2) is 13.4 Å². The number of carbonyl (C=O) groups is 1. The Bertz CT molecular complexity index is 1450. The fourth-order valence-corrected chi connectivity index (χ4v) is 5.41. The minimum absolute atomic E-state index is 0.231. The molecule has 1 fully saturated rings. The fraction of sp³-hybridized carbons (Fsp3) is 0.192. The lowest BCUT2D eigenvalue weighted by molar-refractivity contribution is 0.0730. The van der Waals surface area contributed by atoms with E-state index in [4.69, 9.17) is 4.74 Å². The van der Waals surface area contributed by atoms with Gasteiger partial charge in [0.05, 0.1) is 40.6 Å². The number of benzene rings is 2. The molecule has 2 aromatic heterocycles. The highest BCUT2D eigenvalue weighted by Gasteiger charge is 2.26. The SMILES string of the molecule is O=C(NCc1ccc(S(=O)(=O)N2CCOCC2)cc1)c1cc(-c2ccccn2)nc2ccccc12. The molecule has 35 heavy (non-hydrogen) atoms. The molecule has 9 heteroatoms. The summed E-state index contributed by atoms with van der Waals surface area (Å²) in [7, 11) is -3.56. The highest BCUT2D eigenvalue weighted by molar-refractivity contribution is 7.89. The molecule has 1 saturated heterocycles. The molecule has 1 amide bonds. The van der Waals surface area contributed by atoms with Crippen molar-refractivity contribution in [2.24, 2.45) is 0 Å². The van der Waals surface area contributed by atoms with Crippen LogP contribution in [-0.4, -0.2) is 54.9 Å². The summed E-state index contributed by atoms with van der Waals surface area (Å²) in [5.74, 6) is -0.245. The number of hydrogen-bond acceptors (Lipinski definition) is 6. The molecule has 1 aliphatic heterocycles. The number of para-hydroxylation sites is 1. The van der Waals surface area contributed by atoms with E-state index in [9.17, 15) is 13.2 Å². The number of pyridine rings is 2.